The molecular weight excluding hydrogens is 274 g/mol. The zero-order valence-electron chi connectivity index (χ0n) is 11.2. The van der Waals surface area contributed by atoms with Crippen molar-refractivity contribution in [2.75, 3.05) is 18.0 Å². The average molecular weight is 292 g/mol. The number of carbonyl (C=O) groups is 1. The van der Waals surface area contributed by atoms with Crippen LogP contribution in [-0.4, -0.2) is 19.0 Å². The summed E-state index contributed by atoms with van der Waals surface area (Å²) in [6.07, 6.45) is 4.92. The number of primary amides is 1. The van der Waals surface area contributed by atoms with Crippen molar-refractivity contribution >= 4 is 22.2 Å². The van der Waals surface area contributed by atoms with Crippen molar-refractivity contribution in [3.63, 3.8) is 0 Å². The smallest absolute Gasteiger partial charge is 0.250 e. The number of nitrogens with two attached hydrogens (primary N) is 1. The highest BCUT2D eigenvalue weighted by Gasteiger charge is 2.44. The first-order valence-electron chi connectivity index (χ1n) is 6.83. The van der Waals surface area contributed by atoms with E-state index in [2.05, 4.69) is 4.90 Å². The summed E-state index contributed by atoms with van der Waals surface area (Å²) in [6, 6.07) is 4.80. The summed E-state index contributed by atoms with van der Waals surface area (Å²) in [5.41, 5.74) is 7.16. The molecule has 1 saturated carbocycles. The van der Waals surface area contributed by atoms with Crippen LogP contribution in [0.4, 0.5) is 5.69 Å². The Balaban J connectivity index is 1.93. The third-order valence-corrected chi connectivity index (χ3v) is 5.25. The lowest BCUT2D eigenvalue weighted by molar-refractivity contribution is 0.100. The lowest BCUT2D eigenvalue weighted by Crippen LogP contribution is -2.35. The maximum atomic E-state index is 11.6. The molecule has 0 atom stereocenters. The van der Waals surface area contributed by atoms with Gasteiger partial charge in [0, 0.05) is 18.8 Å². The molecule has 3 N–H and O–H groups in total. The maximum absolute atomic E-state index is 11.6. The highest BCUT2D eigenvalue weighted by atomic mass is 32.2. The summed E-state index contributed by atoms with van der Waals surface area (Å²) in [5.74, 6) is -0.478. The van der Waals surface area contributed by atoms with Gasteiger partial charge < -0.3 is 19.6 Å². The number of hydrogen-bond acceptors (Lipinski definition) is 5. The van der Waals surface area contributed by atoms with Crippen LogP contribution in [-0.2, 0) is 14.8 Å². The van der Waals surface area contributed by atoms with Crippen LogP contribution >= 0.6 is 0 Å². The van der Waals surface area contributed by atoms with Crippen LogP contribution in [0.15, 0.2) is 23.1 Å². The Kier molecular flexibility index (Phi) is 3.20. The van der Waals surface area contributed by atoms with Crippen molar-refractivity contribution in [3.8, 4) is 0 Å². The molecule has 1 spiro atoms. The van der Waals surface area contributed by atoms with E-state index in [1.165, 1.54) is 12.8 Å². The summed E-state index contributed by atoms with van der Waals surface area (Å²) < 4.78 is 18.6. The van der Waals surface area contributed by atoms with Gasteiger partial charge >= 0.3 is 0 Å². The highest BCUT2D eigenvalue weighted by Crippen LogP contribution is 2.54. The topological polar surface area (TPSA) is 87.2 Å². The summed E-state index contributed by atoms with van der Waals surface area (Å²) in [6.45, 7) is 1.79. The van der Waals surface area contributed by atoms with Crippen molar-refractivity contribution < 1.29 is 9.00 Å². The molecule has 0 aromatic heterocycles. The summed E-state index contributed by atoms with van der Waals surface area (Å²) in [7, 11) is -1.80. The fourth-order valence-corrected chi connectivity index (χ4v) is 3.41. The van der Waals surface area contributed by atoms with E-state index < -0.39 is 16.5 Å². The molecule has 1 aliphatic carbocycles. The first-order valence-corrected chi connectivity index (χ1v) is 7.98. The monoisotopic (exact) mass is 292 g/mol. The largest absolute Gasteiger partial charge is 0.440 e. The molecule has 2 fully saturated rings. The van der Waals surface area contributed by atoms with E-state index in [0.29, 0.717) is 15.9 Å². The van der Waals surface area contributed by atoms with Gasteiger partial charge in [0.05, 0.1) is 5.56 Å². The molecular formula is C14H18N3O2S-. The van der Waals surface area contributed by atoms with E-state index in [1.54, 1.807) is 18.2 Å². The van der Waals surface area contributed by atoms with Gasteiger partial charge in [0.2, 0.25) is 0 Å². The van der Waals surface area contributed by atoms with Crippen molar-refractivity contribution in [1.82, 2.24) is 0 Å². The minimum Gasteiger partial charge on any atom is -0.440 e. The van der Waals surface area contributed by atoms with Crippen molar-refractivity contribution in [2.45, 2.75) is 30.6 Å². The van der Waals surface area contributed by atoms with E-state index in [9.17, 15) is 9.00 Å². The molecule has 1 heterocycles. The van der Waals surface area contributed by atoms with Crippen molar-refractivity contribution in [1.29, 1.82) is 4.78 Å². The normalized spacial score (nSPS) is 20.4. The molecule has 1 aliphatic heterocycles. The zero-order valence-corrected chi connectivity index (χ0v) is 12.0. The first-order chi connectivity index (χ1) is 9.51. The molecule has 20 heavy (non-hydrogen) atoms. The van der Waals surface area contributed by atoms with E-state index in [0.717, 1.165) is 31.6 Å². The maximum Gasteiger partial charge on any atom is 0.250 e. The lowest BCUT2D eigenvalue weighted by Gasteiger charge is -2.35. The van der Waals surface area contributed by atoms with Crippen LogP contribution in [0, 0.1) is 10.2 Å². The molecule has 1 aromatic rings. The Bertz CT molecular complexity index is 617. The molecule has 1 aromatic carbocycles. The van der Waals surface area contributed by atoms with Crippen LogP contribution in [0.25, 0.3) is 0 Å². The minimum absolute atomic E-state index is 0.414. The van der Waals surface area contributed by atoms with E-state index in [1.807, 2.05) is 0 Å². The molecule has 108 valence electrons. The summed E-state index contributed by atoms with van der Waals surface area (Å²) in [4.78, 5) is 14.1. The highest BCUT2D eigenvalue weighted by molar-refractivity contribution is 7.73. The van der Waals surface area contributed by atoms with Crippen LogP contribution in [0.1, 0.15) is 36.0 Å². The van der Waals surface area contributed by atoms with E-state index in [4.69, 9.17) is 10.5 Å². The minimum atomic E-state index is -1.80. The van der Waals surface area contributed by atoms with Gasteiger partial charge in [0.15, 0.2) is 0 Å². The number of nitrogens with zero attached hydrogens (tertiary/aromatic N) is 1. The van der Waals surface area contributed by atoms with Gasteiger partial charge in [-0.3, -0.25) is 4.79 Å². The number of piperidine rings is 1. The molecule has 0 unspecified atom stereocenters. The molecule has 3 rings (SSSR count). The number of rotatable bonds is 3. The standard InChI is InChI=1S/C14H18N3O2S/c15-13(18)11-2-1-10(20(16)19)9-12(11)17-7-5-14(3-4-14)6-8-17/h1-2,9,16H,3-8H2,(H2,15,18)/q-1. The fourth-order valence-electron chi connectivity index (χ4n) is 3.00. The Morgan fingerprint density at radius 1 is 1.25 bits per heavy atom. The molecule has 5 nitrogen and oxygen atoms in total. The van der Waals surface area contributed by atoms with Gasteiger partial charge in [0.1, 0.15) is 0 Å². The van der Waals surface area contributed by atoms with E-state index in [-0.39, 0.29) is 0 Å². The van der Waals surface area contributed by atoms with Crippen LogP contribution in [0.3, 0.4) is 0 Å². The third-order valence-electron chi connectivity index (χ3n) is 4.57. The molecule has 1 saturated heterocycles. The number of nitrogens with one attached hydrogen (secondary N) is 1. The summed E-state index contributed by atoms with van der Waals surface area (Å²) >= 11 is 0. The fraction of sp³-hybridized carbons (Fsp3) is 0.500. The number of carbonyl (C=O) groups excluding carboxylic acids is 1. The molecule has 6 heteroatoms. The van der Waals surface area contributed by atoms with Gasteiger partial charge in [0.25, 0.3) is 5.91 Å². The Morgan fingerprint density at radius 2 is 1.90 bits per heavy atom. The van der Waals surface area contributed by atoms with E-state index >= 15 is 0 Å². The molecule has 0 radical (unpaired) electrons. The quantitative estimate of drug-likeness (QED) is 0.838. The second kappa shape index (κ2) is 4.77. The van der Waals surface area contributed by atoms with Gasteiger partial charge in [-0.1, -0.05) is 17.0 Å². The summed E-state index contributed by atoms with van der Waals surface area (Å²) in [5, 5.41) is 0. The third kappa shape index (κ3) is 2.40. The van der Waals surface area contributed by atoms with Crippen LogP contribution in [0.2, 0.25) is 0 Å². The Morgan fingerprint density at radius 3 is 2.40 bits per heavy atom. The first kappa shape index (κ1) is 13.4. The van der Waals surface area contributed by atoms with Crippen molar-refractivity contribution in [3.05, 3.63) is 23.8 Å². The number of benzene rings is 1. The average Bonchev–Trinajstić information content (AvgIpc) is 3.18. The van der Waals surface area contributed by atoms with Crippen molar-refractivity contribution in [2.24, 2.45) is 11.1 Å². The molecule has 2 aliphatic rings. The Hall–Kier alpha value is -1.56. The van der Waals surface area contributed by atoms with Gasteiger partial charge in [-0.25, -0.2) is 0 Å². The number of anilines is 1. The van der Waals surface area contributed by atoms with Crippen LogP contribution in [0.5, 0.6) is 0 Å². The lowest BCUT2D eigenvalue weighted by atomic mass is 9.93. The predicted octanol–water partition coefficient (Wildman–Crippen LogP) is 2.25. The van der Waals surface area contributed by atoms with Crippen LogP contribution < -0.4 is 10.6 Å². The number of hydrogen-bond donors (Lipinski definition) is 2. The molecule has 0 bridgehead atoms. The number of amides is 1. The zero-order chi connectivity index (χ0) is 14.3. The van der Waals surface area contributed by atoms with Gasteiger partial charge in [-0.2, -0.15) is 10.6 Å². The Labute approximate surface area is 120 Å². The van der Waals surface area contributed by atoms with Gasteiger partial charge in [-0.05, 0) is 37.2 Å². The second-order valence-electron chi connectivity index (χ2n) is 5.80. The molecule has 1 amide bonds. The SMILES string of the molecule is N=[S-](=O)c1ccc(C(N)=O)c(N2CCC3(CC2)CC3)c1. The predicted molar refractivity (Wildman–Crippen MR) is 77.1 cm³/mol. The second-order valence-corrected chi connectivity index (χ2v) is 6.81. The van der Waals surface area contributed by atoms with Gasteiger partial charge in [-0.15, -0.1) is 0 Å².